The van der Waals surface area contributed by atoms with E-state index in [1.54, 1.807) is 23.6 Å². The van der Waals surface area contributed by atoms with Crippen molar-refractivity contribution >= 4 is 17.4 Å². The molecule has 0 spiro atoms. The predicted octanol–water partition coefficient (Wildman–Crippen LogP) is 3.34. The zero-order chi connectivity index (χ0) is 24.6. The molecule has 8 heteroatoms. The lowest BCUT2D eigenvalue weighted by atomic mass is 9.94. The first kappa shape index (κ1) is 24.0. The van der Waals surface area contributed by atoms with Gasteiger partial charge in [0.25, 0.3) is 11.7 Å². The number of aliphatic hydroxyl groups is 1. The third kappa shape index (κ3) is 4.46. The van der Waals surface area contributed by atoms with Gasteiger partial charge in [0, 0.05) is 25.8 Å². The summed E-state index contributed by atoms with van der Waals surface area (Å²) in [5.74, 6) is -0.689. The summed E-state index contributed by atoms with van der Waals surface area (Å²) in [7, 11) is 1.79. The number of hydrogen-bond donors (Lipinski definition) is 1. The average molecular weight is 467 g/mol. The minimum Gasteiger partial charge on any atom is -0.507 e. The van der Waals surface area contributed by atoms with Gasteiger partial charge in [0.15, 0.2) is 0 Å². The lowest BCUT2D eigenvalue weighted by Gasteiger charge is -2.27. The van der Waals surface area contributed by atoms with Crippen molar-refractivity contribution in [2.75, 3.05) is 26.2 Å². The van der Waals surface area contributed by atoms with Gasteiger partial charge in [0.05, 0.1) is 29.0 Å². The Kier molecular flexibility index (Phi) is 6.79. The summed E-state index contributed by atoms with van der Waals surface area (Å²) in [4.78, 5) is 30.4. The van der Waals surface area contributed by atoms with E-state index >= 15 is 0 Å². The summed E-state index contributed by atoms with van der Waals surface area (Å²) in [5.41, 5.74) is 2.73. The number of benzene rings is 1. The molecule has 1 amide bonds. The van der Waals surface area contributed by atoms with Gasteiger partial charge in [-0.05, 0) is 71.3 Å². The number of carbonyl (C=O) groups is 2. The number of rotatable bonds is 7. The largest absolute Gasteiger partial charge is 0.507 e. The number of aryl methyl sites for hydroxylation is 2. The summed E-state index contributed by atoms with van der Waals surface area (Å²) in [5, 5.41) is 15.8. The lowest BCUT2D eigenvalue weighted by molar-refractivity contribution is -0.140. The van der Waals surface area contributed by atoms with E-state index in [1.165, 1.54) is 0 Å². The highest BCUT2D eigenvalue weighted by atomic mass is 16.5. The molecule has 2 aliphatic rings. The number of ether oxygens (including phenoxy) is 1. The van der Waals surface area contributed by atoms with E-state index in [-0.39, 0.29) is 17.4 Å². The van der Waals surface area contributed by atoms with E-state index in [1.807, 2.05) is 45.0 Å². The first-order chi connectivity index (χ1) is 16.2. The summed E-state index contributed by atoms with van der Waals surface area (Å²) in [6, 6.07) is 6.75. The molecule has 0 aliphatic carbocycles. The van der Waals surface area contributed by atoms with Crippen LogP contribution in [0.5, 0.6) is 5.75 Å². The number of amides is 1. The number of likely N-dealkylation sites (tertiary alicyclic amines) is 2. The van der Waals surface area contributed by atoms with Crippen LogP contribution in [-0.4, -0.2) is 68.7 Å². The van der Waals surface area contributed by atoms with Crippen molar-refractivity contribution in [1.82, 2.24) is 19.6 Å². The van der Waals surface area contributed by atoms with Crippen molar-refractivity contribution in [3.8, 4) is 5.75 Å². The van der Waals surface area contributed by atoms with Crippen LogP contribution in [-0.2, 0) is 16.6 Å². The standard InChI is InChI=1S/C26H34N4O4/c1-16(2)34-20-10-8-19(9-11-20)23-22(24(31)21-17(3)27-28(5)18(21)4)25(32)26(33)30(23)15-14-29-12-6-7-13-29/h8-11,16,23,31H,6-7,12-15H2,1-5H3/b24-22+. The van der Waals surface area contributed by atoms with Gasteiger partial charge in [-0.1, -0.05) is 12.1 Å². The smallest absolute Gasteiger partial charge is 0.295 e. The molecule has 0 radical (unpaired) electrons. The molecule has 1 N–H and O–H groups in total. The molecule has 8 nitrogen and oxygen atoms in total. The number of carbonyl (C=O) groups excluding carboxylic acids is 2. The van der Waals surface area contributed by atoms with Crippen molar-refractivity contribution in [1.29, 1.82) is 0 Å². The molecular weight excluding hydrogens is 432 g/mol. The fourth-order valence-electron chi connectivity index (χ4n) is 4.96. The molecule has 2 fully saturated rings. The van der Waals surface area contributed by atoms with E-state index in [2.05, 4.69) is 10.00 Å². The highest BCUT2D eigenvalue weighted by molar-refractivity contribution is 6.46. The Balaban J connectivity index is 1.78. The molecular formula is C26H34N4O4. The van der Waals surface area contributed by atoms with E-state index in [0.29, 0.717) is 30.1 Å². The molecule has 1 aromatic heterocycles. The average Bonchev–Trinajstić information content (AvgIpc) is 3.46. The third-order valence-electron chi connectivity index (χ3n) is 6.71. The van der Waals surface area contributed by atoms with Crippen LogP contribution in [0.4, 0.5) is 0 Å². The Hall–Kier alpha value is -3.13. The van der Waals surface area contributed by atoms with Crippen LogP contribution in [0.1, 0.15) is 55.2 Å². The zero-order valence-electron chi connectivity index (χ0n) is 20.7. The number of ketones is 1. The van der Waals surface area contributed by atoms with Gasteiger partial charge in [-0.3, -0.25) is 14.3 Å². The van der Waals surface area contributed by atoms with E-state index < -0.39 is 17.7 Å². The first-order valence-electron chi connectivity index (χ1n) is 12.0. The molecule has 182 valence electrons. The molecule has 0 saturated carbocycles. The van der Waals surface area contributed by atoms with Crippen LogP contribution < -0.4 is 4.74 Å². The van der Waals surface area contributed by atoms with Crippen molar-refractivity contribution in [2.45, 2.75) is 52.7 Å². The monoisotopic (exact) mass is 466 g/mol. The van der Waals surface area contributed by atoms with Crippen LogP contribution in [0, 0.1) is 13.8 Å². The molecule has 0 bridgehead atoms. The quantitative estimate of drug-likeness (QED) is 0.383. The number of aromatic nitrogens is 2. The molecule has 1 aromatic carbocycles. The van der Waals surface area contributed by atoms with E-state index in [9.17, 15) is 14.7 Å². The third-order valence-corrected chi connectivity index (χ3v) is 6.71. The van der Waals surface area contributed by atoms with Crippen LogP contribution in [0.15, 0.2) is 29.8 Å². The number of nitrogens with zero attached hydrogens (tertiary/aromatic N) is 4. The minimum atomic E-state index is -0.672. The van der Waals surface area contributed by atoms with Crippen LogP contribution >= 0.6 is 0 Å². The number of hydrogen-bond acceptors (Lipinski definition) is 6. The molecule has 4 rings (SSSR count). The maximum Gasteiger partial charge on any atom is 0.295 e. The Morgan fingerprint density at radius 1 is 1.12 bits per heavy atom. The molecule has 1 atom stereocenters. The lowest BCUT2D eigenvalue weighted by Crippen LogP contribution is -2.37. The van der Waals surface area contributed by atoms with Crippen molar-refractivity contribution in [3.05, 3.63) is 52.4 Å². The molecule has 3 heterocycles. The fraction of sp³-hybridized carbons (Fsp3) is 0.500. The molecule has 2 saturated heterocycles. The van der Waals surface area contributed by atoms with Gasteiger partial charge in [-0.25, -0.2) is 0 Å². The number of Topliss-reactive ketones (excluding diaryl/α,β-unsaturated/α-hetero) is 1. The predicted molar refractivity (Wildman–Crippen MR) is 130 cm³/mol. The second kappa shape index (κ2) is 9.62. The van der Waals surface area contributed by atoms with Gasteiger partial charge >= 0.3 is 0 Å². The van der Waals surface area contributed by atoms with Crippen LogP contribution in [0.2, 0.25) is 0 Å². The van der Waals surface area contributed by atoms with Crippen LogP contribution in [0.25, 0.3) is 5.76 Å². The maximum atomic E-state index is 13.3. The highest BCUT2D eigenvalue weighted by Gasteiger charge is 2.46. The van der Waals surface area contributed by atoms with Crippen molar-refractivity contribution < 1.29 is 19.4 Å². The Morgan fingerprint density at radius 2 is 1.76 bits per heavy atom. The summed E-state index contributed by atoms with van der Waals surface area (Å²) >= 11 is 0. The maximum absolute atomic E-state index is 13.3. The molecule has 34 heavy (non-hydrogen) atoms. The van der Waals surface area contributed by atoms with Crippen molar-refractivity contribution in [3.63, 3.8) is 0 Å². The Morgan fingerprint density at radius 3 is 2.32 bits per heavy atom. The van der Waals surface area contributed by atoms with E-state index in [4.69, 9.17) is 4.74 Å². The second-order valence-electron chi connectivity index (χ2n) is 9.45. The fourth-order valence-corrected chi connectivity index (χ4v) is 4.96. The molecule has 1 unspecified atom stereocenters. The summed E-state index contributed by atoms with van der Waals surface area (Å²) in [6.07, 6.45) is 2.34. The van der Waals surface area contributed by atoms with Gasteiger partial charge in [-0.15, -0.1) is 0 Å². The summed E-state index contributed by atoms with van der Waals surface area (Å²) in [6.45, 7) is 10.7. The van der Waals surface area contributed by atoms with E-state index in [0.717, 1.165) is 37.2 Å². The summed E-state index contributed by atoms with van der Waals surface area (Å²) < 4.78 is 7.43. The van der Waals surface area contributed by atoms with Crippen molar-refractivity contribution in [2.24, 2.45) is 7.05 Å². The zero-order valence-corrected chi connectivity index (χ0v) is 20.7. The molecule has 2 aromatic rings. The SMILES string of the molecule is Cc1nn(C)c(C)c1/C(O)=C1\C(=O)C(=O)N(CCN2CCCC2)C1c1ccc(OC(C)C)cc1. The molecule has 2 aliphatic heterocycles. The minimum absolute atomic E-state index is 0.0356. The Bertz CT molecular complexity index is 1110. The number of aliphatic hydroxyl groups excluding tert-OH is 1. The highest BCUT2D eigenvalue weighted by Crippen LogP contribution is 2.40. The van der Waals surface area contributed by atoms with Gasteiger partial charge in [-0.2, -0.15) is 5.10 Å². The van der Waals surface area contributed by atoms with Gasteiger partial charge < -0.3 is 19.6 Å². The van der Waals surface area contributed by atoms with Gasteiger partial charge in [0.1, 0.15) is 11.5 Å². The van der Waals surface area contributed by atoms with Crippen LogP contribution in [0.3, 0.4) is 0 Å². The first-order valence-corrected chi connectivity index (χ1v) is 12.0. The second-order valence-corrected chi connectivity index (χ2v) is 9.45. The topological polar surface area (TPSA) is 87.9 Å². The van der Waals surface area contributed by atoms with Gasteiger partial charge in [0.2, 0.25) is 0 Å². The Labute approximate surface area is 200 Å². The normalized spacial score (nSPS) is 20.6.